The maximum Gasteiger partial charge on any atom is 0.234 e. The Kier molecular flexibility index (Phi) is 6.11. The number of anilines is 1. The summed E-state index contributed by atoms with van der Waals surface area (Å²) in [6, 6.07) is 17.6. The van der Waals surface area contributed by atoms with Crippen molar-refractivity contribution in [2.24, 2.45) is 53.1 Å². The first-order chi connectivity index (χ1) is 19.4. The van der Waals surface area contributed by atoms with Crippen LogP contribution in [0.4, 0.5) is 5.69 Å². The molecule has 2 aliphatic heterocycles. The molecule has 6 atom stereocenters. The highest BCUT2D eigenvalue weighted by molar-refractivity contribution is 6.06. The van der Waals surface area contributed by atoms with Crippen molar-refractivity contribution in [3.63, 3.8) is 0 Å². The maximum atomic E-state index is 13.5. The molecular formula is C32H34N4O4. The lowest BCUT2D eigenvalue weighted by atomic mass is 9.63. The molecule has 206 valence electrons. The Morgan fingerprint density at radius 1 is 0.825 bits per heavy atom. The van der Waals surface area contributed by atoms with Gasteiger partial charge in [0.05, 0.1) is 18.4 Å². The number of piperidine rings is 1. The van der Waals surface area contributed by atoms with E-state index in [1.165, 1.54) is 4.90 Å². The molecule has 2 heterocycles. The van der Waals surface area contributed by atoms with Gasteiger partial charge in [-0.25, -0.2) is 0 Å². The molecule has 4 fully saturated rings. The Hall–Kier alpha value is -3.78. The van der Waals surface area contributed by atoms with E-state index in [0.29, 0.717) is 6.54 Å². The zero-order chi connectivity index (χ0) is 27.5. The molecule has 8 heteroatoms. The van der Waals surface area contributed by atoms with E-state index in [2.05, 4.69) is 28.4 Å². The van der Waals surface area contributed by atoms with Gasteiger partial charge in [-0.3, -0.25) is 29.0 Å². The molecule has 8 nitrogen and oxygen atoms in total. The molecule has 8 rings (SSSR count). The fourth-order valence-electron chi connectivity index (χ4n) is 8.04. The van der Waals surface area contributed by atoms with Crippen LogP contribution in [0.25, 0.3) is 0 Å². The van der Waals surface area contributed by atoms with Crippen molar-refractivity contribution in [1.82, 2.24) is 9.80 Å². The molecule has 3 N–H and O–H groups in total. The van der Waals surface area contributed by atoms with Gasteiger partial charge < -0.3 is 11.1 Å². The summed E-state index contributed by atoms with van der Waals surface area (Å²) in [5, 5.41) is 3.13. The third kappa shape index (κ3) is 4.17. The number of carbonyl (C=O) groups excluding carboxylic acids is 4. The van der Waals surface area contributed by atoms with E-state index in [9.17, 15) is 19.2 Å². The van der Waals surface area contributed by atoms with Crippen molar-refractivity contribution in [1.29, 1.82) is 0 Å². The highest BCUT2D eigenvalue weighted by atomic mass is 16.2. The van der Waals surface area contributed by atoms with Crippen LogP contribution in [0.5, 0.6) is 0 Å². The highest BCUT2D eigenvalue weighted by Gasteiger charge is 2.73. The number of rotatable bonds is 7. The number of nitrogens with one attached hydrogen (secondary N) is 1. The van der Waals surface area contributed by atoms with Gasteiger partial charge in [0.15, 0.2) is 0 Å². The fraction of sp³-hybridized carbons (Fsp3) is 0.438. The topological polar surface area (TPSA) is 113 Å². The van der Waals surface area contributed by atoms with E-state index in [0.717, 1.165) is 49.3 Å². The quantitative estimate of drug-likeness (QED) is 0.416. The number of allylic oxidation sites excluding steroid dienone is 2. The van der Waals surface area contributed by atoms with Crippen molar-refractivity contribution in [2.75, 3.05) is 18.4 Å². The SMILES string of the molecule is NC(=O)C1CCN(Cc2cccc(NC(=O)C3C4C5C=CC(C6C(=O)N(Cc7ccccc7)C(=O)C56)C34)c2)CC1. The second-order valence-corrected chi connectivity index (χ2v) is 12.2. The third-order valence-electron chi connectivity index (χ3n) is 9.97. The van der Waals surface area contributed by atoms with Crippen LogP contribution in [0.1, 0.15) is 24.0 Å². The number of likely N-dealkylation sites (tertiary alicyclic amines) is 2. The van der Waals surface area contributed by atoms with Gasteiger partial charge in [0.2, 0.25) is 23.6 Å². The van der Waals surface area contributed by atoms with Crippen LogP contribution < -0.4 is 11.1 Å². The molecule has 2 bridgehead atoms. The number of benzene rings is 2. The maximum absolute atomic E-state index is 13.5. The highest BCUT2D eigenvalue weighted by Crippen LogP contribution is 2.68. The van der Waals surface area contributed by atoms with Gasteiger partial charge in [0, 0.05) is 24.1 Å². The Labute approximate surface area is 233 Å². The molecule has 2 saturated heterocycles. The molecule has 40 heavy (non-hydrogen) atoms. The number of nitrogens with zero attached hydrogens (tertiary/aromatic N) is 2. The second kappa shape index (κ2) is 9.70. The molecule has 0 aromatic heterocycles. The van der Waals surface area contributed by atoms with Crippen LogP contribution in [0.2, 0.25) is 0 Å². The summed E-state index contributed by atoms with van der Waals surface area (Å²) < 4.78 is 0. The minimum Gasteiger partial charge on any atom is -0.369 e. The van der Waals surface area contributed by atoms with Crippen LogP contribution >= 0.6 is 0 Å². The first-order valence-corrected chi connectivity index (χ1v) is 14.4. The Bertz CT molecular complexity index is 1360. The predicted octanol–water partition coefficient (Wildman–Crippen LogP) is 2.80. The van der Waals surface area contributed by atoms with Crippen molar-refractivity contribution >= 4 is 29.3 Å². The van der Waals surface area contributed by atoms with Crippen LogP contribution in [0.3, 0.4) is 0 Å². The van der Waals surface area contributed by atoms with E-state index in [1.54, 1.807) is 0 Å². The number of hydrogen-bond donors (Lipinski definition) is 2. The summed E-state index contributed by atoms with van der Waals surface area (Å²) >= 11 is 0. The van der Waals surface area contributed by atoms with Gasteiger partial charge in [-0.1, -0.05) is 54.6 Å². The van der Waals surface area contributed by atoms with Gasteiger partial charge in [-0.05, 0) is 72.9 Å². The molecular weight excluding hydrogens is 504 g/mol. The normalized spacial score (nSPS) is 32.6. The average Bonchev–Trinajstić information content (AvgIpc) is 3.69. The summed E-state index contributed by atoms with van der Waals surface area (Å²) in [5.74, 6) is -1.25. The van der Waals surface area contributed by atoms with E-state index in [-0.39, 0.29) is 71.0 Å². The van der Waals surface area contributed by atoms with Gasteiger partial charge in [0.25, 0.3) is 0 Å². The van der Waals surface area contributed by atoms with E-state index in [4.69, 9.17) is 5.73 Å². The summed E-state index contributed by atoms with van der Waals surface area (Å²) in [6.45, 7) is 2.72. The minimum absolute atomic E-state index is 0.0193. The molecule has 6 aliphatic rings. The second-order valence-electron chi connectivity index (χ2n) is 12.2. The molecule has 2 saturated carbocycles. The molecule has 2 aromatic rings. The monoisotopic (exact) mass is 538 g/mol. The van der Waals surface area contributed by atoms with Gasteiger partial charge in [-0.2, -0.15) is 0 Å². The first kappa shape index (κ1) is 25.2. The number of nitrogens with two attached hydrogens (primary N) is 1. The molecule has 0 spiro atoms. The molecule has 6 unspecified atom stereocenters. The lowest BCUT2D eigenvalue weighted by Gasteiger charge is -2.37. The van der Waals surface area contributed by atoms with Gasteiger partial charge in [-0.15, -0.1) is 0 Å². The zero-order valence-corrected chi connectivity index (χ0v) is 22.3. The molecule has 4 aliphatic carbocycles. The Morgan fingerprint density at radius 3 is 2.08 bits per heavy atom. The van der Waals surface area contributed by atoms with Crippen LogP contribution in [0, 0.1) is 47.3 Å². The van der Waals surface area contributed by atoms with E-state index < -0.39 is 0 Å². The smallest absolute Gasteiger partial charge is 0.234 e. The number of carbonyl (C=O) groups is 4. The third-order valence-corrected chi connectivity index (χ3v) is 9.97. The average molecular weight is 539 g/mol. The van der Waals surface area contributed by atoms with Crippen LogP contribution in [0.15, 0.2) is 66.7 Å². The van der Waals surface area contributed by atoms with Crippen LogP contribution in [-0.4, -0.2) is 46.5 Å². The number of primary amides is 1. The number of imide groups is 1. The van der Waals surface area contributed by atoms with E-state index in [1.807, 2.05) is 48.5 Å². The molecule has 2 aromatic carbocycles. The minimum atomic E-state index is -0.354. The number of amides is 4. The van der Waals surface area contributed by atoms with Crippen LogP contribution in [-0.2, 0) is 32.3 Å². The number of hydrogen-bond acceptors (Lipinski definition) is 5. The Morgan fingerprint density at radius 2 is 1.45 bits per heavy atom. The van der Waals surface area contributed by atoms with E-state index >= 15 is 0 Å². The van der Waals surface area contributed by atoms with Gasteiger partial charge >= 0.3 is 0 Å². The molecule has 4 amide bonds. The first-order valence-electron chi connectivity index (χ1n) is 14.4. The summed E-state index contributed by atoms with van der Waals surface area (Å²) in [5.41, 5.74) is 8.28. The van der Waals surface area contributed by atoms with Crippen molar-refractivity contribution in [3.05, 3.63) is 77.9 Å². The van der Waals surface area contributed by atoms with Crippen molar-refractivity contribution < 1.29 is 19.2 Å². The standard InChI is InChI=1S/C32H34N4O4/c33-29(37)20-11-13-35(14-12-20)16-19-7-4-8-21(15-19)34-30(38)28-24-22-9-10-23(25(24)28)27-26(22)31(39)36(32(27)40)17-18-5-2-1-3-6-18/h1-10,15,20,22-28H,11-14,16-17H2,(H2,33,37)(H,34,38). The largest absolute Gasteiger partial charge is 0.369 e. The summed E-state index contributed by atoms with van der Waals surface area (Å²) in [7, 11) is 0. The summed E-state index contributed by atoms with van der Waals surface area (Å²) in [4.78, 5) is 55.6. The lowest BCUT2D eigenvalue weighted by Crippen LogP contribution is -2.40. The van der Waals surface area contributed by atoms with Crippen molar-refractivity contribution in [2.45, 2.75) is 25.9 Å². The molecule has 0 radical (unpaired) electrons. The van der Waals surface area contributed by atoms with Gasteiger partial charge in [0.1, 0.15) is 0 Å². The van der Waals surface area contributed by atoms with Crippen molar-refractivity contribution in [3.8, 4) is 0 Å². The summed E-state index contributed by atoms with van der Waals surface area (Å²) in [6.07, 6.45) is 5.76. The fourth-order valence-corrected chi connectivity index (χ4v) is 8.04. The Balaban J connectivity index is 1.00. The zero-order valence-electron chi connectivity index (χ0n) is 22.3. The predicted molar refractivity (Wildman–Crippen MR) is 148 cm³/mol. The lowest BCUT2D eigenvalue weighted by molar-refractivity contribution is -0.141.